The molecule has 13 heavy (non-hydrogen) atoms. The van der Waals surface area contributed by atoms with E-state index >= 15 is 0 Å². The van der Waals surface area contributed by atoms with E-state index in [0.717, 1.165) is 0 Å². The van der Waals surface area contributed by atoms with Gasteiger partial charge in [-0.3, -0.25) is 0 Å². The summed E-state index contributed by atoms with van der Waals surface area (Å²) in [5.41, 5.74) is 0.0762. The zero-order chi connectivity index (χ0) is 10.3. The van der Waals surface area contributed by atoms with Crippen LogP contribution in [0.3, 0.4) is 0 Å². The van der Waals surface area contributed by atoms with Crippen molar-refractivity contribution in [1.29, 1.82) is 0 Å². The maximum Gasteiger partial charge on any atom is 0.508 e. The van der Waals surface area contributed by atoms with E-state index in [1.165, 1.54) is 7.11 Å². The van der Waals surface area contributed by atoms with E-state index in [0.29, 0.717) is 0 Å². The molecule has 0 N–H and O–H groups in total. The van der Waals surface area contributed by atoms with Gasteiger partial charge in [-0.1, -0.05) is 6.58 Å². The number of hydrogen-bond acceptors (Lipinski definition) is 5. The molecule has 0 aliphatic carbocycles. The van der Waals surface area contributed by atoms with Crippen molar-refractivity contribution in [1.82, 2.24) is 0 Å². The van der Waals surface area contributed by atoms with E-state index in [-0.39, 0.29) is 18.8 Å². The first-order valence-corrected chi connectivity index (χ1v) is 3.67. The van der Waals surface area contributed by atoms with Crippen LogP contribution in [-0.2, 0) is 19.0 Å². The van der Waals surface area contributed by atoms with Crippen molar-refractivity contribution < 1.29 is 23.8 Å². The van der Waals surface area contributed by atoms with Crippen LogP contribution in [0, 0.1) is 0 Å². The number of rotatable bonds is 4. The van der Waals surface area contributed by atoms with Crippen molar-refractivity contribution >= 4 is 12.1 Å². The first kappa shape index (κ1) is 11.5. The first-order chi connectivity index (χ1) is 6.11. The summed E-state index contributed by atoms with van der Waals surface area (Å²) in [4.78, 5) is 21.3. The van der Waals surface area contributed by atoms with Gasteiger partial charge in [0.2, 0.25) is 0 Å². The fourth-order valence-corrected chi connectivity index (χ4v) is 0.497. The average Bonchev–Trinajstić information content (AvgIpc) is 2.13. The summed E-state index contributed by atoms with van der Waals surface area (Å²) in [5.74, 6) is -0.577. The van der Waals surface area contributed by atoms with Gasteiger partial charge in [-0.05, 0) is 6.92 Å². The van der Waals surface area contributed by atoms with Crippen LogP contribution in [0.1, 0.15) is 6.92 Å². The lowest BCUT2D eigenvalue weighted by atomic mass is 10.3. The van der Waals surface area contributed by atoms with Crippen molar-refractivity contribution in [3.63, 3.8) is 0 Å². The standard InChI is InChI=1S/C8H12O5/c1-4-12-7(9)6(2)5-13-8(10)11-3/h2,4-5H2,1,3H3. The molecule has 0 unspecified atom stereocenters. The highest BCUT2D eigenvalue weighted by Crippen LogP contribution is 1.96. The average molecular weight is 188 g/mol. The van der Waals surface area contributed by atoms with Crippen molar-refractivity contribution in [3.8, 4) is 0 Å². The van der Waals surface area contributed by atoms with Crippen LogP contribution in [-0.4, -0.2) is 32.4 Å². The number of hydrogen-bond donors (Lipinski definition) is 0. The third-order valence-corrected chi connectivity index (χ3v) is 1.10. The van der Waals surface area contributed by atoms with Crippen LogP contribution < -0.4 is 0 Å². The normalized spacial score (nSPS) is 8.77. The van der Waals surface area contributed by atoms with Gasteiger partial charge in [0.1, 0.15) is 6.61 Å². The van der Waals surface area contributed by atoms with Crippen LogP contribution in [0.4, 0.5) is 4.79 Å². The second-order valence-electron chi connectivity index (χ2n) is 2.07. The van der Waals surface area contributed by atoms with E-state index < -0.39 is 12.1 Å². The van der Waals surface area contributed by atoms with Crippen LogP contribution in [0.25, 0.3) is 0 Å². The van der Waals surface area contributed by atoms with Crippen molar-refractivity contribution in [2.75, 3.05) is 20.3 Å². The van der Waals surface area contributed by atoms with Crippen LogP contribution in [0.5, 0.6) is 0 Å². The fraction of sp³-hybridized carbons (Fsp3) is 0.500. The highest BCUT2D eigenvalue weighted by atomic mass is 16.7. The predicted octanol–water partition coefficient (Wildman–Crippen LogP) is 0.889. The molecule has 0 heterocycles. The van der Waals surface area contributed by atoms with Gasteiger partial charge in [-0.25, -0.2) is 9.59 Å². The molecule has 0 aromatic carbocycles. The largest absolute Gasteiger partial charge is 0.508 e. The van der Waals surface area contributed by atoms with Gasteiger partial charge in [0.15, 0.2) is 0 Å². The minimum absolute atomic E-state index is 0.0762. The minimum Gasteiger partial charge on any atom is -0.463 e. The molecule has 0 saturated heterocycles. The Labute approximate surface area is 76.3 Å². The second-order valence-corrected chi connectivity index (χ2v) is 2.07. The molecule has 0 atom stereocenters. The monoisotopic (exact) mass is 188 g/mol. The lowest BCUT2D eigenvalue weighted by Crippen LogP contribution is -2.14. The minimum atomic E-state index is -0.856. The van der Waals surface area contributed by atoms with Crippen LogP contribution in [0.15, 0.2) is 12.2 Å². The maximum atomic E-state index is 10.9. The summed E-state index contributed by atoms with van der Waals surface area (Å²) < 4.78 is 13.2. The van der Waals surface area contributed by atoms with Gasteiger partial charge in [-0.2, -0.15) is 0 Å². The lowest BCUT2D eigenvalue weighted by Gasteiger charge is -2.05. The van der Waals surface area contributed by atoms with E-state index in [4.69, 9.17) is 0 Å². The number of methoxy groups -OCH3 is 1. The Morgan fingerprint density at radius 1 is 1.31 bits per heavy atom. The summed E-state index contributed by atoms with van der Waals surface area (Å²) in [5, 5.41) is 0. The summed E-state index contributed by atoms with van der Waals surface area (Å²) in [6, 6.07) is 0. The summed E-state index contributed by atoms with van der Waals surface area (Å²) in [7, 11) is 1.18. The molecule has 0 saturated carbocycles. The fourth-order valence-electron chi connectivity index (χ4n) is 0.497. The van der Waals surface area contributed by atoms with E-state index in [1.807, 2.05) is 0 Å². The highest BCUT2D eigenvalue weighted by molar-refractivity contribution is 5.88. The summed E-state index contributed by atoms with van der Waals surface area (Å²) >= 11 is 0. The molecule has 5 nitrogen and oxygen atoms in total. The molecule has 0 aromatic heterocycles. The Bertz CT molecular complexity index is 209. The van der Waals surface area contributed by atoms with Gasteiger partial charge < -0.3 is 14.2 Å². The van der Waals surface area contributed by atoms with E-state index in [1.54, 1.807) is 6.92 Å². The molecule has 0 aromatic rings. The van der Waals surface area contributed by atoms with Crippen molar-refractivity contribution in [3.05, 3.63) is 12.2 Å². The van der Waals surface area contributed by atoms with E-state index in [9.17, 15) is 9.59 Å². The topological polar surface area (TPSA) is 61.8 Å². The number of carbonyl (C=O) groups is 2. The predicted molar refractivity (Wildman–Crippen MR) is 44.1 cm³/mol. The molecule has 74 valence electrons. The van der Waals surface area contributed by atoms with Gasteiger partial charge in [0.05, 0.1) is 19.3 Å². The SMILES string of the molecule is C=C(COC(=O)OC)C(=O)OCC. The van der Waals surface area contributed by atoms with Gasteiger partial charge in [0.25, 0.3) is 0 Å². The second kappa shape index (κ2) is 6.05. The number of carbonyl (C=O) groups excluding carboxylic acids is 2. The molecule has 0 radical (unpaired) electrons. The van der Waals surface area contributed by atoms with E-state index in [2.05, 4.69) is 20.8 Å². The Morgan fingerprint density at radius 2 is 1.92 bits per heavy atom. The maximum absolute atomic E-state index is 10.9. The molecule has 0 fully saturated rings. The van der Waals surface area contributed by atoms with Gasteiger partial charge >= 0.3 is 12.1 Å². The molecule has 0 aliphatic heterocycles. The molecule has 0 aliphatic rings. The Morgan fingerprint density at radius 3 is 2.38 bits per heavy atom. The zero-order valence-electron chi connectivity index (χ0n) is 7.66. The number of ether oxygens (including phenoxy) is 3. The third kappa shape index (κ3) is 4.84. The quantitative estimate of drug-likeness (QED) is 0.484. The highest BCUT2D eigenvalue weighted by Gasteiger charge is 2.10. The summed E-state index contributed by atoms with van der Waals surface area (Å²) in [6.07, 6.45) is -0.856. The third-order valence-electron chi connectivity index (χ3n) is 1.10. The molecule has 0 rings (SSSR count). The molecular weight excluding hydrogens is 176 g/mol. The number of esters is 1. The molecular formula is C8H12O5. The van der Waals surface area contributed by atoms with Crippen molar-refractivity contribution in [2.24, 2.45) is 0 Å². The molecule has 0 bridgehead atoms. The Hall–Kier alpha value is -1.52. The van der Waals surface area contributed by atoms with Crippen LogP contribution in [0.2, 0.25) is 0 Å². The van der Waals surface area contributed by atoms with Gasteiger partial charge in [-0.15, -0.1) is 0 Å². The molecule has 0 amide bonds. The molecule has 5 heteroatoms. The Balaban J connectivity index is 3.74. The summed E-state index contributed by atoms with van der Waals surface area (Å²) in [6.45, 7) is 5.09. The lowest BCUT2D eigenvalue weighted by molar-refractivity contribution is -0.138. The van der Waals surface area contributed by atoms with Crippen LogP contribution >= 0.6 is 0 Å². The smallest absolute Gasteiger partial charge is 0.463 e. The first-order valence-electron chi connectivity index (χ1n) is 3.67. The van der Waals surface area contributed by atoms with Crippen molar-refractivity contribution in [2.45, 2.75) is 6.92 Å². The molecule has 0 spiro atoms. The van der Waals surface area contributed by atoms with Gasteiger partial charge in [0, 0.05) is 0 Å². The Kier molecular flexibility index (Phi) is 5.34. The zero-order valence-corrected chi connectivity index (χ0v) is 7.66.